The number of carbonyl (C=O) groups excluding carboxylic acids is 1. The Labute approximate surface area is 443 Å². The fraction of sp³-hybridized carbons (Fsp3) is 0.857. The summed E-state index contributed by atoms with van der Waals surface area (Å²) in [4.78, 5) is 12.9. The van der Waals surface area contributed by atoms with E-state index >= 15 is 0 Å². The smallest absolute Gasteiger partial charge is 0.306 e. The Kier molecular flexibility index (Phi) is 51.1. The summed E-state index contributed by atoms with van der Waals surface area (Å²) in [5.74, 6) is -0.311. The van der Waals surface area contributed by atoms with Crippen molar-refractivity contribution in [3.05, 3.63) is 48.6 Å². The average Bonchev–Trinajstić information content (AvgIpc) is 3.38. The third kappa shape index (κ3) is 43.4. The summed E-state index contributed by atoms with van der Waals surface area (Å²) in [7, 11) is 0. The van der Waals surface area contributed by atoms with Crippen molar-refractivity contribution in [2.45, 2.75) is 320 Å². The van der Waals surface area contributed by atoms with E-state index < -0.39 is 43.4 Å². The van der Waals surface area contributed by atoms with Crippen LogP contribution < -0.4 is 0 Å². The van der Waals surface area contributed by atoms with Crippen LogP contribution in [0, 0.1) is 0 Å². The van der Waals surface area contributed by atoms with Gasteiger partial charge in [0.2, 0.25) is 0 Å². The highest BCUT2D eigenvalue weighted by atomic mass is 16.7. The summed E-state index contributed by atoms with van der Waals surface area (Å²) in [5.41, 5.74) is 0. The second kappa shape index (κ2) is 54.0. The summed E-state index contributed by atoms with van der Waals surface area (Å²) >= 11 is 0. The van der Waals surface area contributed by atoms with Gasteiger partial charge in [0.05, 0.1) is 19.8 Å². The van der Waals surface area contributed by atoms with Crippen molar-refractivity contribution >= 4 is 5.97 Å². The number of allylic oxidation sites excluding steroid dienone is 8. The van der Waals surface area contributed by atoms with Crippen LogP contribution in [0.2, 0.25) is 0 Å². The zero-order chi connectivity index (χ0) is 52.1. The highest BCUT2D eigenvalue weighted by molar-refractivity contribution is 5.69. The van der Waals surface area contributed by atoms with Gasteiger partial charge in [-0.1, -0.05) is 249 Å². The van der Waals surface area contributed by atoms with E-state index in [-0.39, 0.29) is 19.2 Å². The number of hydrogen-bond donors (Lipinski definition) is 4. The molecule has 9 nitrogen and oxygen atoms in total. The van der Waals surface area contributed by atoms with Gasteiger partial charge in [0.25, 0.3) is 0 Å². The fourth-order valence-corrected chi connectivity index (χ4v) is 9.44. The Bertz CT molecular complexity index is 1250. The highest BCUT2D eigenvalue weighted by Crippen LogP contribution is 2.23. The minimum atomic E-state index is -1.54. The largest absolute Gasteiger partial charge is 0.457 e. The first kappa shape index (κ1) is 68.2. The summed E-state index contributed by atoms with van der Waals surface area (Å²) in [5, 5.41) is 40.4. The number of aliphatic hydroxyl groups is 4. The van der Waals surface area contributed by atoms with Gasteiger partial charge in [0.1, 0.15) is 30.5 Å². The number of ether oxygens (including phenoxy) is 4. The van der Waals surface area contributed by atoms with Crippen LogP contribution in [0.1, 0.15) is 284 Å². The molecule has 4 N–H and O–H groups in total. The van der Waals surface area contributed by atoms with Gasteiger partial charge in [-0.25, -0.2) is 0 Å². The Hall–Kier alpha value is -1.85. The molecule has 1 heterocycles. The molecule has 0 bridgehead atoms. The molecule has 1 saturated heterocycles. The average molecular weight is 1020 g/mol. The molecule has 0 aliphatic carbocycles. The third-order valence-electron chi connectivity index (χ3n) is 14.2. The lowest BCUT2D eigenvalue weighted by Gasteiger charge is -2.39. The molecule has 1 aliphatic rings. The number of aliphatic hydroxyl groups excluding tert-OH is 4. The van der Waals surface area contributed by atoms with Gasteiger partial charge in [-0.05, 0) is 77.0 Å². The molecule has 1 rings (SSSR count). The molecule has 1 fully saturated rings. The number of rotatable bonds is 54. The lowest BCUT2D eigenvalue weighted by atomic mass is 9.99. The van der Waals surface area contributed by atoms with Crippen LogP contribution in [0.4, 0.5) is 0 Å². The molecule has 0 saturated carbocycles. The molecule has 72 heavy (non-hydrogen) atoms. The molecule has 0 radical (unpaired) electrons. The lowest BCUT2D eigenvalue weighted by molar-refractivity contribution is -0.305. The standard InChI is InChI=1S/C63H116O9/c1-3-5-7-9-11-13-15-17-19-21-23-25-27-29-30-32-34-36-38-40-42-44-46-48-50-52-59(65)71-57(56-70-63-62(68)61(67)60(66)58(54-64)72-63)55-69-53-51-49-47-45-43-41-39-37-35-33-31-28-26-24-22-20-18-16-14-12-10-8-6-4-2/h15-18,21-24,57-58,60-64,66-68H,3-14,19-20,25-56H2,1-2H3/b17-15-,18-16-,23-21-,24-22-. The highest BCUT2D eigenvalue weighted by Gasteiger charge is 2.44. The minimum absolute atomic E-state index is 0.113. The third-order valence-corrected chi connectivity index (χ3v) is 14.2. The summed E-state index contributed by atoms with van der Waals surface area (Å²) in [6.45, 7) is 4.58. The van der Waals surface area contributed by atoms with Crippen molar-refractivity contribution in [1.29, 1.82) is 0 Å². The van der Waals surface area contributed by atoms with Gasteiger partial charge in [-0.3, -0.25) is 4.79 Å². The van der Waals surface area contributed by atoms with Gasteiger partial charge in [-0.15, -0.1) is 0 Å². The second-order valence-corrected chi connectivity index (χ2v) is 21.1. The van der Waals surface area contributed by atoms with Crippen molar-refractivity contribution in [3.8, 4) is 0 Å². The van der Waals surface area contributed by atoms with Gasteiger partial charge in [0.15, 0.2) is 6.29 Å². The molecule has 0 spiro atoms. The predicted octanol–water partition coefficient (Wildman–Crippen LogP) is 16.4. The van der Waals surface area contributed by atoms with Crippen LogP contribution in [-0.2, 0) is 23.7 Å². The van der Waals surface area contributed by atoms with Gasteiger partial charge in [0, 0.05) is 13.0 Å². The monoisotopic (exact) mass is 1020 g/mol. The topological polar surface area (TPSA) is 135 Å². The van der Waals surface area contributed by atoms with Crippen LogP contribution in [-0.4, -0.2) is 89.6 Å². The molecule has 0 aromatic carbocycles. The lowest BCUT2D eigenvalue weighted by Crippen LogP contribution is -2.59. The van der Waals surface area contributed by atoms with E-state index in [9.17, 15) is 25.2 Å². The maximum atomic E-state index is 12.9. The van der Waals surface area contributed by atoms with Crippen molar-refractivity contribution in [3.63, 3.8) is 0 Å². The zero-order valence-electron chi connectivity index (χ0n) is 46.9. The number of carbonyl (C=O) groups is 1. The van der Waals surface area contributed by atoms with Crippen LogP contribution in [0.3, 0.4) is 0 Å². The molecule has 6 atom stereocenters. The van der Waals surface area contributed by atoms with Crippen molar-refractivity contribution in [2.75, 3.05) is 26.4 Å². The van der Waals surface area contributed by atoms with Gasteiger partial charge < -0.3 is 39.4 Å². The van der Waals surface area contributed by atoms with Gasteiger partial charge >= 0.3 is 5.97 Å². The Morgan fingerprint density at radius 3 is 1.19 bits per heavy atom. The van der Waals surface area contributed by atoms with Crippen molar-refractivity contribution in [1.82, 2.24) is 0 Å². The molecular formula is C63H116O9. The quantitative estimate of drug-likeness (QED) is 0.0267. The summed E-state index contributed by atoms with van der Waals surface area (Å²) in [6, 6.07) is 0. The van der Waals surface area contributed by atoms with Crippen LogP contribution in [0.5, 0.6) is 0 Å². The summed E-state index contributed by atoms with van der Waals surface area (Å²) < 4.78 is 23.0. The Morgan fingerprint density at radius 1 is 0.444 bits per heavy atom. The first-order chi connectivity index (χ1) is 35.4. The number of unbranched alkanes of at least 4 members (excludes halogenated alkanes) is 35. The Morgan fingerprint density at radius 2 is 0.806 bits per heavy atom. The molecular weight excluding hydrogens is 901 g/mol. The van der Waals surface area contributed by atoms with E-state index in [0.717, 1.165) is 44.9 Å². The molecule has 0 aromatic rings. The molecule has 422 valence electrons. The molecule has 9 heteroatoms. The fourth-order valence-electron chi connectivity index (χ4n) is 9.44. The molecule has 6 unspecified atom stereocenters. The maximum absolute atomic E-state index is 12.9. The minimum Gasteiger partial charge on any atom is -0.457 e. The number of esters is 1. The SMILES string of the molecule is CCCCCCC/C=C\C/C=C\CCCCCCCCCCCCCCCC(=O)OC(COCCCCCCCCCCCCCC/C=C\C/C=C\CCCCCCC)COC1OC(CO)C(O)C(O)C1O. The van der Waals surface area contributed by atoms with Crippen LogP contribution >= 0.6 is 0 Å². The van der Waals surface area contributed by atoms with Crippen molar-refractivity contribution in [2.24, 2.45) is 0 Å². The van der Waals surface area contributed by atoms with Crippen LogP contribution in [0.25, 0.3) is 0 Å². The van der Waals surface area contributed by atoms with E-state index in [4.69, 9.17) is 18.9 Å². The van der Waals surface area contributed by atoms with E-state index in [1.54, 1.807) is 0 Å². The van der Waals surface area contributed by atoms with E-state index in [0.29, 0.717) is 13.0 Å². The first-order valence-electron chi connectivity index (χ1n) is 30.7. The number of hydrogen-bond acceptors (Lipinski definition) is 9. The maximum Gasteiger partial charge on any atom is 0.306 e. The Balaban J connectivity index is 2.13. The van der Waals surface area contributed by atoms with E-state index in [1.165, 1.54) is 218 Å². The van der Waals surface area contributed by atoms with Crippen molar-refractivity contribution < 1.29 is 44.2 Å². The molecule has 1 aliphatic heterocycles. The zero-order valence-corrected chi connectivity index (χ0v) is 46.9. The van der Waals surface area contributed by atoms with Gasteiger partial charge in [-0.2, -0.15) is 0 Å². The second-order valence-electron chi connectivity index (χ2n) is 21.1. The van der Waals surface area contributed by atoms with E-state index in [1.807, 2.05) is 0 Å². The van der Waals surface area contributed by atoms with Crippen LogP contribution in [0.15, 0.2) is 48.6 Å². The molecule has 0 amide bonds. The summed E-state index contributed by atoms with van der Waals surface area (Å²) in [6.07, 6.45) is 63.1. The predicted molar refractivity (Wildman–Crippen MR) is 302 cm³/mol. The van der Waals surface area contributed by atoms with E-state index in [2.05, 4.69) is 62.5 Å². The normalized spacial score (nSPS) is 19.0. The molecule has 0 aromatic heterocycles. The first-order valence-corrected chi connectivity index (χ1v) is 30.7.